The van der Waals surface area contributed by atoms with Crippen molar-refractivity contribution in [1.82, 2.24) is 0 Å². The molecule has 4 heteroatoms. The second-order valence-corrected chi connectivity index (χ2v) is 4.60. The first kappa shape index (κ1) is 11.2. The second kappa shape index (κ2) is 4.09. The highest BCUT2D eigenvalue weighted by molar-refractivity contribution is 9.09. The van der Waals surface area contributed by atoms with E-state index in [0.717, 1.165) is 5.56 Å². The van der Waals surface area contributed by atoms with Crippen LogP contribution in [0.5, 0.6) is 0 Å². The zero-order valence-electron chi connectivity index (χ0n) is 8.11. The highest BCUT2D eigenvalue weighted by Crippen LogP contribution is 2.35. The number of nitrogens with zero attached hydrogens (tertiary/aromatic N) is 1. The Labute approximate surface area is 91.4 Å². The molecular formula is C10H12BrNO2. The SMILES string of the molecule is CC(C)([C@H](Br)c1ccccc1)[N+](=O)[O-]. The van der Waals surface area contributed by atoms with Crippen LogP contribution in [0.3, 0.4) is 0 Å². The molecular weight excluding hydrogens is 246 g/mol. The summed E-state index contributed by atoms with van der Waals surface area (Å²) in [6, 6.07) is 9.40. The molecule has 0 aliphatic heterocycles. The third-order valence-electron chi connectivity index (χ3n) is 2.18. The molecule has 0 aromatic heterocycles. The Morgan fingerprint density at radius 1 is 1.36 bits per heavy atom. The summed E-state index contributed by atoms with van der Waals surface area (Å²) in [5.41, 5.74) is -0.0735. The smallest absolute Gasteiger partial charge is 0.233 e. The molecule has 0 unspecified atom stereocenters. The van der Waals surface area contributed by atoms with Gasteiger partial charge in [0.05, 0.1) is 0 Å². The molecule has 0 fully saturated rings. The zero-order chi connectivity index (χ0) is 10.8. The Bertz CT molecular complexity index is 324. The molecule has 14 heavy (non-hydrogen) atoms. The van der Waals surface area contributed by atoms with Gasteiger partial charge < -0.3 is 0 Å². The summed E-state index contributed by atoms with van der Waals surface area (Å²) in [4.78, 5) is 10.3. The Morgan fingerprint density at radius 2 is 1.86 bits per heavy atom. The van der Waals surface area contributed by atoms with Crippen molar-refractivity contribution in [3.8, 4) is 0 Å². The Morgan fingerprint density at radius 3 is 2.29 bits per heavy atom. The lowest BCUT2D eigenvalue weighted by molar-refractivity contribution is -0.560. The van der Waals surface area contributed by atoms with Crippen molar-refractivity contribution >= 4 is 15.9 Å². The van der Waals surface area contributed by atoms with Gasteiger partial charge in [0.1, 0.15) is 4.83 Å². The molecule has 0 heterocycles. The molecule has 0 radical (unpaired) electrons. The summed E-state index contributed by atoms with van der Waals surface area (Å²) in [6.07, 6.45) is 0. The minimum atomic E-state index is -0.999. The fraction of sp³-hybridized carbons (Fsp3) is 0.400. The third kappa shape index (κ3) is 2.12. The average molecular weight is 258 g/mol. The first-order valence-corrected chi connectivity index (χ1v) is 5.21. The molecule has 1 aromatic carbocycles. The number of halogens is 1. The van der Waals surface area contributed by atoms with E-state index < -0.39 is 5.54 Å². The average Bonchev–Trinajstić information content (AvgIpc) is 2.17. The van der Waals surface area contributed by atoms with Gasteiger partial charge in [-0.1, -0.05) is 46.3 Å². The van der Waals surface area contributed by atoms with Crippen LogP contribution in [0.1, 0.15) is 24.2 Å². The minimum Gasteiger partial charge on any atom is -0.264 e. The molecule has 3 nitrogen and oxygen atoms in total. The van der Waals surface area contributed by atoms with Crippen molar-refractivity contribution in [1.29, 1.82) is 0 Å². The summed E-state index contributed by atoms with van der Waals surface area (Å²) in [5.74, 6) is 0. The molecule has 0 aliphatic rings. The van der Waals surface area contributed by atoms with Crippen molar-refractivity contribution in [2.45, 2.75) is 24.2 Å². The van der Waals surface area contributed by atoms with Crippen LogP contribution >= 0.6 is 15.9 Å². The monoisotopic (exact) mass is 257 g/mol. The highest BCUT2D eigenvalue weighted by atomic mass is 79.9. The predicted octanol–water partition coefficient (Wildman–Crippen LogP) is 3.18. The normalized spacial score (nSPS) is 13.6. The summed E-state index contributed by atoms with van der Waals surface area (Å²) >= 11 is 3.37. The van der Waals surface area contributed by atoms with Crippen molar-refractivity contribution in [2.75, 3.05) is 0 Å². The Hall–Kier alpha value is -0.900. The highest BCUT2D eigenvalue weighted by Gasteiger charge is 2.39. The summed E-state index contributed by atoms with van der Waals surface area (Å²) < 4.78 is 0. The van der Waals surface area contributed by atoms with E-state index in [-0.39, 0.29) is 9.75 Å². The van der Waals surface area contributed by atoms with Crippen LogP contribution in [-0.4, -0.2) is 10.5 Å². The van der Waals surface area contributed by atoms with Gasteiger partial charge in [-0.3, -0.25) is 10.1 Å². The van der Waals surface area contributed by atoms with Gasteiger partial charge in [-0.2, -0.15) is 0 Å². The van der Waals surface area contributed by atoms with E-state index in [1.165, 1.54) is 0 Å². The van der Waals surface area contributed by atoms with Gasteiger partial charge in [0.15, 0.2) is 0 Å². The molecule has 1 rings (SSSR count). The number of hydrogen-bond donors (Lipinski definition) is 0. The zero-order valence-corrected chi connectivity index (χ0v) is 9.69. The van der Waals surface area contributed by atoms with Gasteiger partial charge >= 0.3 is 0 Å². The largest absolute Gasteiger partial charge is 0.264 e. The van der Waals surface area contributed by atoms with Gasteiger partial charge in [-0.25, -0.2) is 0 Å². The fourth-order valence-electron chi connectivity index (χ4n) is 1.12. The minimum absolute atomic E-state index is 0.264. The maximum absolute atomic E-state index is 10.8. The number of hydrogen-bond acceptors (Lipinski definition) is 2. The lowest BCUT2D eigenvalue weighted by Crippen LogP contribution is -2.35. The van der Waals surface area contributed by atoms with E-state index in [9.17, 15) is 10.1 Å². The van der Waals surface area contributed by atoms with Crippen LogP contribution in [0.25, 0.3) is 0 Å². The van der Waals surface area contributed by atoms with Crippen LogP contribution in [0.15, 0.2) is 30.3 Å². The van der Waals surface area contributed by atoms with Gasteiger partial charge in [0, 0.05) is 18.8 Å². The predicted molar refractivity (Wildman–Crippen MR) is 59.2 cm³/mol. The number of alkyl halides is 1. The van der Waals surface area contributed by atoms with E-state index in [2.05, 4.69) is 15.9 Å². The van der Waals surface area contributed by atoms with Crippen molar-refractivity contribution < 1.29 is 4.92 Å². The molecule has 0 saturated heterocycles. The van der Waals surface area contributed by atoms with Gasteiger partial charge in [-0.05, 0) is 5.56 Å². The van der Waals surface area contributed by atoms with E-state index in [0.29, 0.717) is 0 Å². The van der Waals surface area contributed by atoms with Gasteiger partial charge in [-0.15, -0.1) is 0 Å². The number of benzene rings is 1. The lowest BCUT2D eigenvalue weighted by atomic mass is 9.96. The summed E-state index contributed by atoms with van der Waals surface area (Å²) in [7, 11) is 0. The molecule has 0 saturated carbocycles. The number of nitro groups is 1. The molecule has 0 amide bonds. The molecule has 1 aromatic rings. The van der Waals surface area contributed by atoms with E-state index in [1.807, 2.05) is 30.3 Å². The Kier molecular flexibility index (Phi) is 3.26. The first-order valence-electron chi connectivity index (χ1n) is 4.30. The summed E-state index contributed by atoms with van der Waals surface area (Å²) in [6.45, 7) is 3.22. The van der Waals surface area contributed by atoms with Crippen LogP contribution in [-0.2, 0) is 0 Å². The van der Waals surface area contributed by atoms with E-state index in [1.54, 1.807) is 13.8 Å². The van der Waals surface area contributed by atoms with Crippen LogP contribution < -0.4 is 0 Å². The van der Waals surface area contributed by atoms with Crippen molar-refractivity contribution in [3.05, 3.63) is 46.0 Å². The Balaban J connectivity index is 2.96. The lowest BCUT2D eigenvalue weighted by Gasteiger charge is -2.21. The second-order valence-electron chi connectivity index (χ2n) is 3.68. The molecule has 0 aliphatic carbocycles. The number of rotatable bonds is 3. The maximum atomic E-state index is 10.8. The molecule has 0 bridgehead atoms. The van der Waals surface area contributed by atoms with Crippen molar-refractivity contribution in [2.24, 2.45) is 0 Å². The van der Waals surface area contributed by atoms with E-state index >= 15 is 0 Å². The molecule has 0 spiro atoms. The maximum Gasteiger partial charge on any atom is 0.233 e. The standard InChI is InChI=1S/C10H12BrNO2/c1-10(2,12(13)14)9(11)8-6-4-3-5-7-8/h3-7,9H,1-2H3/t9-/m1/s1. The van der Waals surface area contributed by atoms with Crippen LogP contribution in [0.2, 0.25) is 0 Å². The molecule has 76 valence electrons. The first-order chi connectivity index (χ1) is 6.46. The van der Waals surface area contributed by atoms with Crippen molar-refractivity contribution in [3.63, 3.8) is 0 Å². The van der Waals surface area contributed by atoms with Crippen LogP contribution in [0.4, 0.5) is 0 Å². The van der Waals surface area contributed by atoms with Gasteiger partial charge in [0.2, 0.25) is 5.54 Å². The fourth-order valence-corrected chi connectivity index (χ4v) is 1.59. The summed E-state index contributed by atoms with van der Waals surface area (Å²) in [5, 5.41) is 10.8. The van der Waals surface area contributed by atoms with Crippen LogP contribution in [0, 0.1) is 10.1 Å². The molecule has 0 N–H and O–H groups in total. The quantitative estimate of drug-likeness (QED) is 0.474. The topological polar surface area (TPSA) is 43.1 Å². The van der Waals surface area contributed by atoms with Gasteiger partial charge in [0.25, 0.3) is 0 Å². The molecule has 1 atom stereocenters. The third-order valence-corrected chi connectivity index (χ3v) is 3.83. The van der Waals surface area contributed by atoms with E-state index in [4.69, 9.17) is 0 Å².